The zero-order chi connectivity index (χ0) is 20.4. The van der Waals surface area contributed by atoms with Gasteiger partial charge in [-0.15, -0.1) is 0 Å². The van der Waals surface area contributed by atoms with E-state index in [4.69, 9.17) is 9.72 Å². The number of hydrogen-bond donors (Lipinski definition) is 0. The van der Waals surface area contributed by atoms with Gasteiger partial charge in [0.2, 0.25) is 0 Å². The molecule has 0 aliphatic carbocycles. The van der Waals surface area contributed by atoms with Gasteiger partial charge in [0.15, 0.2) is 5.13 Å². The van der Waals surface area contributed by atoms with Crippen LogP contribution in [0.25, 0.3) is 10.2 Å². The summed E-state index contributed by atoms with van der Waals surface area (Å²) in [4.78, 5) is 22.5. The topological polar surface area (TPSA) is 63.5 Å². The minimum Gasteiger partial charge on any atom is -0.379 e. The maximum atomic E-state index is 13.5. The van der Waals surface area contributed by atoms with Crippen LogP contribution in [0.4, 0.5) is 5.13 Å². The van der Waals surface area contributed by atoms with Crippen molar-refractivity contribution in [1.29, 1.82) is 0 Å². The molecule has 1 amide bonds. The average molecular weight is 414 g/mol. The normalized spacial score (nSPS) is 15.1. The van der Waals surface area contributed by atoms with Crippen LogP contribution in [0.3, 0.4) is 0 Å². The fourth-order valence-corrected chi connectivity index (χ4v) is 4.63. The molecule has 1 saturated heterocycles. The summed E-state index contributed by atoms with van der Waals surface area (Å²) in [6.07, 6.45) is 1.68. The summed E-state index contributed by atoms with van der Waals surface area (Å²) in [6.45, 7) is 11.5. The fraction of sp³-hybridized carbons (Fsp3) is 0.476. The lowest BCUT2D eigenvalue weighted by Gasteiger charge is -2.29. The molecule has 0 unspecified atom stereocenters. The number of rotatable bonds is 6. The van der Waals surface area contributed by atoms with Gasteiger partial charge in [0.1, 0.15) is 5.69 Å². The Kier molecular flexibility index (Phi) is 5.94. The Balaban J connectivity index is 1.67. The summed E-state index contributed by atoms with van der Waals surface area (Å²) in [5.74, 6) is -0.0500. The molecule has 1 aliphatic heterocycles. The van der Waals surface area contributed by atoms with Crippen LogP contribution in [0.5, 0.6) is 0 Å². The first-order valence-electron chi connectivity index (χ1n) is 10.1. The number of nitrogens with zero attached hydrogens (tertiary/aromatic N) is 5. The zero-order valence-corrected chi connectivity index (χ0v) is 18.0. The Bertz CT molecular complexity index is 1010. The van der Waals surface area contributed by atoms with E-state index >= 15 is 0 Å². The number of morpholine rings is 1. The third-order valence-electron chi connectivity index (χ3n) is 5.53. The molecule has 0 radical (unpaired) electrons. The third kappa shape index (κ3) is 4.05. The summed E-state index contributed by atoms with van der Waals surface area (Å²) in [5, 5.41) is 5.02. The number of anilines is 1. The van der Waals surface area contributed by atoms with Crippen molar-refractivity contribution in [3.05, 3.63) is 41.2 Å². The Hall–Kier alpha value is -2.29. The smallest absolute Gasteiger partial charge is 0.278 e. The number of benzene rings is 1. The first-order valence-corrected chi connectivity index (χ1v) is 10.9. The molecule has 7 nitrogen and oxygen atoms in total. The van der Waals surface area contributed by atoms with E-state index in [2.05, 4.69) is 36.0 Å². The quantitative estimate of drug-likeness (QED) is 0.621. The van der Waals surface area contributed by atoms with Crippen molar-refractivity contribution in [2.24, 2.45) is 0 Å². The van der Waals surface area contributed by atoms with Crippen molar-refractivity contribution < 1.29 is 9.53 Å². The van der Waals surface area contributed by atoms with Crippen LogP contribution in [-0.4, -0.2) is 65.0 Å². The van der Waals surface area contributed by atoms with Crippen molar-refractivity contribution in [3.8, 4) is 0 Å². The number of hydrogen-bond acceptors (Lipinski definition) is 6. The van der Waals surface area contributed by atoms with E-state index in [0.29, 0.717) is 18.8 Å². The summed E-state index contributed by atoms with van der Waals surface area (Å²) < 4.78 is 8.30. The van der Waals surface area contributed by atoms with Gasteiger partial charge in [-0.2, -0.15) is 5.10 Å². The lowest BCUT2D eigenvalue weighted by atomic mass is 10.1. The highest BCUT2D eigenvalue weighted by atomic mass is 32.1. The molecule has 0 bridgehead atoms. The summed E-state index contributed by atoms with van der Waals surface area (Å²) in [6, 6.07) is 6.00. The highest BCUT2D eigenvalue weighted by Crippen LogP contribution is 2.32. The van der Waals surface area contributed by atoms with Gasteiger partial charge < -0.3 is 4.74 Å². The zero-order valence-electron chi connectivity index (χ0n) is 17.2. The number of aryl methyl sites for hydroxylation is 3. The van der Waals surface area contributed by atoms with Crippen LogP contribution in [0, 0.1) is 13.8 Å². The molecule has 154 valence electrons. The molecule has 0 saturated carbocycles. The van der Waals surface area contributed by atoms with E-state index in [1.54, 1.807) is 28.3 Å². The number of carbonyl (C=O) groups is 1. The molecular formula is C21H27N5O2S. The van der Waals surface area contributed by atoms with Crippen LogP contribution in [0.15, 0.2) is 24.4 Å². The summed E-state index contributed by atoms with van der Waals surface area (Å²) in [5.41, 5.74) is 3.97. The molecule has 8 heteroatoms. The third-order valence-corrected chi connectivity index (χ3v) is 6.57. The maximum Gasteiger partial charge on any atom is 0.278 e. The maximum absolute atomic E-state index is 13.5. The van der Waals surface area contributed by atoms with Crippen LogP contribution in [-0.2, 0) is 11.3 Å². The number of amides is 1. The van der Waals surface area contributed by atoms with Gasteiger partial charge in [-0.1, -0.05) is 17.4 Å². The van der Waals surface area contributed by atoms with E-state index in [-0.39, 0.29) is 5.91 Å². The van der Waals surface area contributed by atoms with Gasteiger partial charge >= 0.3 is 0 Å². The number of ether oxygens (including phenoxy) is 1. The van der Waals surface area contributed by atoms with E-state index in [0.717, 1.165) is 48.2 Å². The van der Waals surface area contributed by atoms with Gasteiger partial charge in [-0.3, -0.25) is 19.3 Å². The van der Waals surface area contributed by atoms with E-state index in [9.17, 15) is 4.79 Å². The molecule has 0 atom stereocenters. The summed E-state index contributed by atoms with van der Waals surface area (Å²) >= 11 is 1.58. The van der Waals surface area contributed by atoms with Gasteiger partial charge in [-0.25, -0.2) is 4.98 Å². The average Bonchev–Trinajstić information content (AvgIpc) is 3.39. The first-order chi connectivity index (χ1) is 14.1. The lowest BCUT2D eigenvalue weighted by molar-refractivity contribution is 0.0391. The number of fused-ring (bicyclic) bond motifs is 1. The van der Waals surface area contributed by atoms with Crippen molar-refractivity contribution >= 4 is 32.6 Å². The second-order valence-corrected chi connectivity index (χ2v) is 8.30. The van der Waals surface area contributed by atoms with Gasteiger partial charge in [0, 0.05) is 38.9 Å². The molecule has 3 heterocycles. The highest BCUT2D eigenvalue weighted by molar-refractivity contribution is 7.22. The fourth-order valence-electron chi connectivity index (χ4n) is 3.58. The number of aromatic nitrogens is 3. The largest absolute Gasteiger partial charge is 0.379 e. The number of carbonyl (C=O) groups excluding carboxylic acids is 1. The van der Waals surface area contributed by atoms with Crippen molar-refractivity contribution in [3.63, 3.8) is 0 Å². The molecule has 0 N–H and O–H groups in total. The predicted molar refractivity (Wildman–Crippen MR) is 116 cm³/mol. The Labute approximate surface area is 174 Å². The molecule has 3 aromatic rings. The molecule has 1 aromatic carbocycles. The minimum atomic E-state index is -0.0500. The standard InChI is InChI=1S/C21H27N5O2S/c1-4-26-17(7-8-22-26)20(27)25(10-9-24-11-13-28-14-12-24)21-23-19-16(3)15(2)5-6-18(19)29-21/h5-8H,4,9-14H2,1-3H3. The molecule has 4 rings (SSSR count). The van der Waals surface area contributed by atoms with Crippen LogP contribution >= 0.6 is 11.3 Å². The molecular weight excluding hydrogens is 386 g/mol. The molecule has 1 fully saturated rings. The Morgan fingerprint density at radius 2 is 2.03 bits per heavy atom. The first kappa shape index (κ1) is 20.0. The van der Waals surface area contributed by atoms with Gasteiger partial charge in [-0.05, 0) is 44.0 Å². The van der Waals surface area contributed by atoms with Crippen molar-refractivity contribution in [2.75, 3.05) is 44.3 Å². The SMILES string of the molecule is CCn1nccc1C(=O)N(CCN1CCOCC1)c1nc2c(C)c(C)ccc2s1. The molecule has 0 spiro atoms. The molecule has 29 heavy (non-hydrogen) atoms. The second kappa shape index (κ2) is 8.61. The predicted octanol–water partition coefficient (Wildman–Crippen LogP) is 3.11. The summed E-state index contributed by atoms with van der Waals surface area (Å²) in [7, 11) is 0. The second-order valence-electron chi connectivity index (χ2n) is 7.29. The highest BCUT2D eigenvalue weighted by Gasteiger charge is 2.25. The number of thiazole rings is 1. The van der Waals surface area contributed by atoms with Crippen LogP contribution in [0.2, 0.25) is 0 Å². The van der Waals surface area contributed by atoms with Crippen LogP contribution in [0.1, 0.15) is 28.5 Å². The van der Waals surface area contributed by atoms with E-state index in [1.807, 2.05) is 11.8 Å². The van der Waals surface area contributed by atoms with E-state index < -0.39 is 0 Å². The monoisotopic (exact) mass is 413 g/mol. The van der Waals surface area contributed by atoms with Crippen molar-refractivity contribution in [1.82, 2.24) is 19.7 Å². The Morgan fingerprint density at radius 3 is 2.79 bits per heavy atom. The minimum absolute atomic E-state index is 0.0500. The van der Waals surface area contributed by atoms with Gasteiger partial charge in [0.05, 0.1) is 23.4 Å². The van der Waals surface area contributed by atoms with Crippen molar-refractivity contribution in [2.45, 2.75) is 27.3 Å². The molecule has 1 aliphatic rings. The van der Waals surface area contributed by atoms with Crippen LogP contribution < -0.4 is 4.90 Å². The van der Waals surface area contributed by atoms with Gasteiger partial charge in [0.25, 0.3) is 5.91 Å². The molecule has 2 aromatic heterocycles. The Morgan fingerprint density at radius 1 is 1.24 bits per heavy atom. The van der Waals surface area contributed by atoms with E-state index in [1.165, 1.54) is 11.1 Å². The lowest BCUT2D eigenvalue weighted by Crippen LogP contribution is -2.43.